The van der Waals surface area contributed by atoms with Gasteiger partial charge in [0.25, 0.3) is 5.91 Å². The molecule has 0 aromatic heterocycles. The van der Waals surface area contributed by atoms with Gasteiger partial charge in [0.2, 0.25) is 0 Å². The van der Waals surface area contributed by atoms with Crippen LogP contribution < -0.4 is 4.90 Å². The zero-order valence-corrected chi connectivity index (χ0v) is 18.9. The van der Waals surface area contributed by atoms with E-state index in [1.807, 2.05) is 54.5 Å². The quantitative estimate of drug-likeness (QED) is 0.560. The van der Waals surface area contributed by atoms with Crippen molar-refractivity contribution in [1.82, 2.24) is 4.90 Å². The number of benzene rings is 1. The topological polar surface area (TPSA) is 23.6 Å². The predicted octanol–water partition coefficient (Wildman–Crippen LogP) is 5.17. The Bertz CT molecular complexity index is 808. The first-order chi connectivity index (χ1) is 13.9. The lowest BCUT2D eigenvalue weighted by Crippen LogP contribution is -2.40. The minimum atomic E-state index is -0.390. The van der Waals surface area contributed by atoms with Crippen molar-refractivity contribution in [3.05, 3.63) is 64.6 Å². The van der Waals surface area contributed by atoms with Crippen LogP contribution in [0.4, 0.5) is 5.69 Å². The van der Waals surface area contributed by atoms with Gasteiger partial charge in [-0.3, -0.25) is 4.79 Å². The highest BCUT2D eigenvalue weighted by atomic mass is 35.5. The van der Waals surface area contributed by atoms with Gasteiger partial charge >= 0.3 is 0 Å². The Morgan fingerprint density at radius 2 is 2.00 bits per heavy atom. The number of amides is 1. The lowest BCUT2D eigenvalue weighted by molar-refractivity contribution is -0.126. The van der Waals surface area contributed by atoms with Crippen molar-refractivity contribution in [2.45, 2.75) is 13.8 Å². The lowest BCUT2D eigenvalue weighted by atomic mass is 10.1. The van der Waals surface area contributed by atoms with Crippen LogP contribution in [0.3, 0.4) is 0 Å². The molecule has 5 heteroatoms. The molecule has 1 aliphatic heterocycles. The fourth-order valence-electron chi connectivity index (χ4n) is 2.97. The Morgan fingerprint density at radius 1 is 1.28 bits per heavy atom. The van der Waals surface area contributed by atoms with Gasteiger partial charge < -0.3 is 9.80 Å². The minimum Gasteiger partial charge on any atom is -0.373 e. The van der Waals surface area contributed by atoms with E-state index >= 15 is 0 Å². The van der Waals surface area contributed by atoms with E-state index in [1.54, 1.807) is 0 Å². The van der Waals surface area contributed by atoms with Gasteiger partial charge in [-0.25, -0.2) is 0 Å². The number of para-hydroxylation sites is 1. The highest BCUT2D eigenvalue weighted by molar-refractivity contribution is 8.04. The van der Waals surface area contributed by atoms with Crippen LogP contribution in [-0.2, 0) is 4.79 Å². The number of halogens is 1. The third-order valence-electron chi connectivity index (χ3n) is 4.51. The summed E-state index contributed by atoms with van der Waals surface area (Å²) in [5, 5.41) is 0.438. The van der Waals surface area contributed by atoms with Crippen LogP contribution in [0, 0.1) is 24.2 Å². The molecule has 0 aliphatic carbocycles. The highest BCUT2D eigenvalue weighted by Gasteiger charge is 2.25. The average Bonchev–Trinajstić information content (AvgIpc) is 2.81. The molecule has 0 fully saturated rings. The molecule has 0 N–H and O–H groups in total. The Balaban J connectivity index is 2.22. The number of rotatable bonds is 7. The normalized spacial score (nSPS) is 21.4. The van der Waals surface area contributed by atoms with Crippen molar-refractivity contribution in [3.8, 4) is 12.3 Å². The van der Waals surface area contributed by atoms with Crippen molar-refractivity contribution < 1.29 is 4.79 Å². The number of hydrogen-bond acceptors (Lipinski definition) is 3. The number of allylic oxidation sites excluding steroid dienone is 4. The maximum atomic E-state index is 13.5. The molecule has 1 aliphatic rings. The average molecular weight is 429 g/mol. The van der Waals surface area contributed by atoms with E-state index in [0.29, 0.717) is 34.7 Å². The van der Waals surface area contributed by atoms with Gasteiger partial charge in [0.1, 0.15) is 0 Å². The summed E-state index contributed by atoms with van der Waals surface area (Å²) in [6.45, 7) is 6.24. The zero-order valence-electron chi connectivity index (χ0n) is 17.3. The van der Waals surface area contributed by atoms with E-state index in [2.05, 4.69) is 36.8 Å². The van der Waals surface area contributed by atoms with Crippen molar-refractivity contribution >= 4 is 35.0 Å². The minimum absolute atomic E-state index is 0.0425. The summed E-state index contributed by atoms with van der Waals surface area (Å²) in [6, 6.07) is 10.2. The number of carbonyl (C=O) groups is 1. The molecule has 0 spiro atoms. The van der Waals surface area contributed by atoms with E-state index in [-0.39, 0.29) is 5.91 Å². The molecular formula is C24H29ClN2OS. The molecule has 0 radical (unpaired) electrons. The maximum absolute atomic E-state index is 13.5. The molecule has 29 heavy (non-hydrogen) atoms. The number of terminal acetylenes is 1. The predicted molar refractivity (Wildman–Crippen MR) is 127 cm³/mol. The molecular weight excluding hydrogens is 400 g/mol. The zero-order chi connectivity index (χ0) is 21.2. The highest BCUT2D eigenvalue weighted by Crippen LogP contribution is 2.31. The van der Waals surface area contributed by atoms with Crippen LogP contribution in [0.15, 0.2) is 64.6 Å². The molecule has 1 heterocycles. The lowest BCUT2D eigenvalue weighted by Gasteiger charge is -2.29. The standard InChI is InChI=1S/C24H29ClN2OS/c1-5-20-12-8-7-11-17-29-23(22(20)25)24(28)27(18-19(2)3)16-15-26(4)21-13-9-6-10-14-21/h1,6-14,19-20H,15-18H2,2-4H3/b11-7-,12-8-,23-22+. The van der Waals surface area contributed by atoms with Crippen molar-refractivity contribution in [1.29, 1.82) is 0 Å². The van der Waals surface area contributed by atoms with E-state index in [1.165, 1.54) is 11.8 Å². The molecule has 1 aromatic rings. The van der Waals surface area contributed by atoms with Crippen molar-refractivity contribution in [3.63, 3.8) is 0 Å². The molecule has 1 aromatic carbocycles. The number of anilines is 1. The summed E-state index contributed by atoms with van der Waals surface area (Å²) in [7, 11) is 2.04. The first kappa shape index (κ1) is 23.2. The van der Waals surface area contributed by atoms with E-state index < -0.39 is 5.92 Å². The van der Waals surface area contributed by atoms with Gasteiger partial charge in [0, 0.05) is 38.1 Å². The first-order valence-corrected chi connectivity index (χ1v) is 11.2. The fourth-order valence-corrected chi connectivity index (χ4v) is 4.24. The first-order valence-electron chi connectivity index (χ1n) is 9.81. The Kier molecular flexibility index (Phi) is 9.44. The Hall–Kier alpha value is -2.09. The third-order valence-corrected chi connectivity index (χ3v) is 6.09. The monoisotopic (exact) mass is 428 g/mol. The number of likely N-dealkylation sites (N-methyl/N-ethyl adjacent to an activating group) is 1. The van der Waals surface area contributed by atoms with Crippen LogP contribution in [0.25, 0.3) is 0 Å². The summed E-state index contributed by atoms with van der Waals surface area (Å²) < 4.78 is 0. The van der Waals surface area contributed by atoms with E-state index in [0.717, 1.165) is 12.2 Å². The summed E-state index contributed by atoms with van der Waals surface area (Å²) >= 11 is 8.06. The molecule has 154 valence electrons. The van der Waals surface area contributed by atoms with Crippen LogP contribution in [0.1, 0.15) is 13.8 Å². The summed E-state index contributed by atoms with van der Waals surface area (Å²) in [4.78, 5) is 18.1. The van der Waals surface area contributed by atoms with Gasteiger partial charge in [-0.1, -0.05) is 73.9 Å². The van der Waals surface area contributed by atoms with Gasteiger partial charge in [-0.2, -0.15) is 0 Å². The second-order valence-electron chi connectivity index (χ2n) is 7.35. The van der Waals surface area contributed by atoms with E-state index in [9.17, 15) is 4.79 Å². The van der Waals surface area contributed by atoms with Gasteiger partial charge in [-0.15, -0.1) is 18.2 Å². The number of thioether (sulfide) groups is 1. The van der Waals surface area contributed by atoms with E-state index in [4.69, 9.17) is 18.0 Å². The largest absolute Gasteiger partial charge is 0.373 e. The van der Waals surface area contributed by atoms with Gasteiger partial charge in [-0.05, 0) is 18.1 Å². The van der Waals surface area contributed by atoms with Gasteiger partial charge in [0.15, 0.2) is 0 Å². The van der Waals surface area contributed by atoms with Crippen molar-refractivity contribution in [2.75, 3.05) is 37.3 Å². The maximum Gasteiger partial charge on any atom is 0.261 e. The molecule has 0 saturated carbocycles. The Morgan fingerprint density at radius 3 is 2.66 bits per heavy atom. The molecule has 3 nitrogen and oxygen atoms in total. The van der Waals surface area contributed by atoms with Crippen LogP contribution in [0.2, 0.25) is 0 Å². The Labute approximate surface area is 184 Å². The third kappa shape index (κ3) is 7.03. The molecule has 1 amide bonds. The second-order valence-corrected chi connectivity index (χ2v) is 8.79. The number of nitrogens with zero attached hydrogens (tertiary/aromatic N) is 2. The SMILES string of the molecule is C#CC1/C=C\C=C/CS/C(C(=O)N(CCN(C)c2ccccc2)CC(C)C)=C\1Cl. The van der Waals surface area contributed by atoms with Gasteiger partial charge in [0.05, 0.1) is 15.9 Å². The smallest absolute Gasteiger partial charge is 0.261 e. The van der Waals surface area contributed by atoms with Crippen LogP contribution >= 0.6 is 23.4 Å². The summed E-state index contributed by atoms with van der Waals surface area (Å²) in [6.07, 6.45) is 13.4. The molecule has 1 unspecified atom stereocenters. The molecule has 1 atom stereocenters. The molecule has 0 saturated heterocycles. The molecule has 2 rings (SSSR count). The van der Waals surface area contributed by atoms with Crippen LogP contribution in [-0.4, -0.2) is 43.2 Å². The summed E-state index contributed by atoms with van der Waals surface area (Å²) in [5.74, 6) is 3.28. The fraction of sp³-hybridized carbons (Fsp3) is 0.375. The second kappa shape index (κ2) is 11.8. The number of carbonyl (C=O) groups excluding carboxylic acids is 1. The van der Waals surface area contributed by atoms with Crippen molar-refractivity contribution in [2.24, 2.45) is 11.8 Å². The van der Waals surface area contributed by atoms with Crippen LogP contribution in [0.5, 0.6) is 0 Å². The summed E-state index contributed by atoms with van der Waals surface area (Å²) in [5.41, 5.74) is 1.13. The number of hydrogen-bond donors (Lipinski definition) is 0. The molecule has 0 bridgehead atoms.